The highest BCUT2D eigenvalue weighted by Crippen LogP contribution is 2.10. The average molecular weight is 218 g/mol. The summed E-state index contributed by atoms with van der Waals surface area (Å²) < 4.78 is 11.0. The van der Waals surface area contributed by atoms with E-state index in [1.54, 1.807) is 23.8 Å². The van der Waals surface area contributed by atoms with Gasteiger partial charge in [-0.25, -0.2) is 4.98 Å². The summed E-state index contributed by atoms with van der Waals surface area (Å²) in [6.07, 6.45) is 4.44. The second-order valence-electron chi connectivity index (χ2n) is 2.86. The molecule has 0 saturated carbocycles. The Balaban J connectivity index is 2.18. The van der Waals surface area contributed by atoms with Gasteiger partial charge >= 0.3 is 0 Å². The molecular weight excluding hydrogens is 204 g/mol. The minimum atomic E-state index is -0.716. The Morgan fingerprint density at radius 1 is 1.77 bits per heavy atom. The van der Waals surface area contributed by atoms with Gasteiger partial charge < -0.3 is 5.32 Å². The highest BCUT2D eigenvalue weighted by atomic mass is 32.2. The maximum Gasteiger partial charge on any atom is 0.182 e. The highest BCUT2D eigenvalue weighted by molar-refractivity contribution is 7.84. The fourth-order valence-corrected chi connectivity index (χ4v) is 1.87. The van der Waals surface area contributed by atoms with Crippen molar-refractivity contribution in [2.75, 3.05) is 18.1 Å². The molecule has 2 unspecified atom stereocenters. The minimum absolute atomic E-state index is 0.257. The molecule has 1 aromatic heterocycles. The number of anilines is 1. The topological polar surface area (TPSA) is 42.0 Å². The zero-order valence-corrected chi connectivity index (χ0v) is 9.45. The molecule has 0 bridgehead atoms. The van der Waals surface area contributed by atoms with Crippen LogP contribution in [-0.2, 0) is 10.8 Å². The first-order valence-electron chi connectivity index (χ1n) is 4.15. The van der Waals surface area contributed by atoms with Crippen LogP contribution in [0.15, 0.2) is 11.6 Å². The molecule has 1 N–H and O–H groups in total. The van der Waals surface area contributed by atoms with Crippen LogP contribution in [0.5, 0.6) is 0 Å². The van der Waals surface area contributed by atoms with Crippen molar-refractivity contribution in [3.63, 3.8) is 0 Å². The van der Waals surface area contributed by atoms with E-state index in [-0.39, 0.29) is 5.25 Å². The molecule has 0 aliphatic carbocycles. The molecule has 5 heteroatoms. The van der Waals surface area contributed by atoms with Gasteiger partial charge in [0.25, 0.3) is 0 Å². The molecule has 0 saturated heterocycles. The molecule has 1 aromatic rings. The van der Waals surface area contributed by atoms with Crippen molar-refractivity contribution in [1.82, 2.24) is 4.98 Å². The summed E-state index contributed by atoms with van der Waals surface area (Å²) in [5, 5.41) is 6.31. The van der Waals surface area contributed by atoms with Crippen LogP contribution in [0.2, 0.25) is 0 Å². The van der Waals surface area contributed by atoms with Crippen molar-refractivity contribution in [1.29, 1.82) is 0 Å². The zero-order chi connectivity index (χ0) is 9.68. The van der Waals surface area contributed by atoms with E-state index in [0.29, 0.717) is 0 Å². The second-order valence-corrected chi connectivity index (χ2v) is 5.56. The van der Waals surface area contributed by atoms with Crippen LogP contribution < -0.4 is 5.32 Å². The average Bonchev–Trinajstić information content (AvgIpc) is 2.56. The molecule has 0 aromatic carbocycles. The normalized spacial score (nSPS) is 15.2. The molecule has 74 valence electrons. The van der Waals surface area contributed by atoms with E-state index in [1.807, 2.05) is 12.3 Å². The summed E-state index contributed by atoms with van der Waals surface area (Å²) in [5.74, 6) is 0. The third-order valence-corrected chi connectivity index (χ3v) is 3.93. The van der Waals surface area contributed by atoms with Crippen molar-refractivity contribution in [3.8, 4) is 0 Å². The number of hydrogen-bond acceptors (Lipinski definition) is 4. The predicted octanol–water partition coefficient (Wildman–Crippen LogP) is 1.71. The van der Waals surface area contributed by atoms with E-state index >= 15 is 0 Å². The van der Waals surface area contributed by atoms with Gasteiger partial charge in [0.1, 0.15) is 0 Å². The Bertz CT molecular complexity index is 261. The number of nitrogens with one attached hydrogen (secondary N) is 1. The molecule has 0 radical (unpaired) electrons. The molecule has 1 rings (SSSR count). The molecule has 0 fully saturated rings. The fraction of sp³-hybridized carbons (Fsp3) is 0.625. The fourth-order valence-electron chi connectivity index (χ4n) is 0.859. The molecule has 0 amide bonds. The summed E-state index contributed by atoms with van der Waals surface area (Å²) in [5.41, 5.74) is 0. The van der Waals surface area contributed by atoms with Crippen LogP contribution >= 0.6 is 11.3 Å². The monoisotopic (exact) mass is 218 g/mol. The molecule has 3 nitrogen and oxygen atoms in total. The van der Waals surface area contributed by atoms with Gasteiger partial charge in [0, 0.05) is 40.4 Å². The Morgan fingerprint density at radius 3 is 3.08 bits per heavy atom. The third-order valence-electron chi connectivity index (χ3n) is 1.83. The predicted molar refractivity (Wildman–Crippen MR) is 58.7 cm³/mol. The van der Waals surface area contributed by atoms with Crippen LogP contribution in [-0.4, -0.2) is 27.2 Å². The maximum absolute atomic E-state index is 11.0. The minimum Gasteiger partial charge on any atom is -0.361 e. The standard InChI is InChI=1S/C8H14N2OS2/c1-7(13(2)11)3-4-9-8-10-5-6-12-8/h5-7H,3-4H2,1-2H3,(H,9,10). The summed E-state index contributed by atoms with van der Waals surface area (Å²) in [6, 6.07) is 0. The lowest BCUT2D eigenvalue weighted by molar-refractivity contribution is 0.672. The molecular formula is C8H14N2OS2. The summed E-state index contributed by atoms with van der Waals surface area (Å²) >= 11 is 1.58. The molecule has 13 heavy (non-hydrogen) atoms. The van der Waals surface area contributed by atoms with Gasteiger partial charge in [-0.1, -0.05) is 6.92 Å². The quantitative estimate of drug-likeness (QED) is 0.818. The lowest BCUT2D eigenvalue weighted by atomic mass is 10.3. The smallest absolute Gasteiger partial charge is 0.182 e. The van der Waals surface area contributed by atoms with Gasteiger partial charge in [-0.3, -0.25) is 4.21 Å². The van der Waals surface area contributed by atoms with Gasteiger partial charge in [-0.15, -0.1) is 11.3 Å². The lowest BCUT2D eigenvalue weighted by Crippen LogP contribution is -2.14. The Morgan fingerprint density at radius 2 is 2.54 bits per heavy atom. The summed E-state index contributed by atoms with van der Waals surface area (Å²) in [7, 11) is -0.716. The number of hydrogen-bond donors (Lipinski definition) is 1. The van der Waals surface area contributed by atoms with E-state index < -0.39 is 10.8 Å². The van der Waals surface area contributed by atoms with Gasteiger partial charge in [0.2, 0.25) is 0 Å². The van der Waals surface area contributed by atoms with Gasteiger partial charge in [0.05, 0.1) is 0 Å². The second kappa shape index (κ2) is 5.34. The van der Waals surface area contributed by atoms with Crippen molar-refractivity contribution in [3.05, 3.63) is 11.6 Å². The van der Waals surface area contributed by atoms with Crippen LogP contribution in [0.4, 0.5) is 5.13 Å². The Labute approximate surface area is 85.0 Å². The highest BCUT2D eigenvalue weighted by Gasteiger charge is 2.05. The van der Waals surface area contributed by atoms with Crippen LogP contribution in [0.25, 0.3) is 0 Å². The van der Waals surface area contributed by atoms with Crippen molar-refractivity contribution >= 4 is 27.3 Å². The summed E-state index contributed by atoms with van der Waals surface area (Å²) in [4.78, 5) is 4.09. The largest absolute Gasteiger partial charge is 0.361 e. The van der Waals surface area contributed by atoms with Gasteiger partial charge in [-0.05, 0) is 6.42 Å². The summed E-state index contributed by atoms with van der Waals surface area (Å²) in [6.45, 7) is 2.84. The maximum atomic E-state index is 11.0. The first kappa shape index (κ1) is 10.7. The Kier molecular flexibility index (Phi) is 4.38. The van der Waals surface area contributed by atoms with Gasteiger partial charge in [0.15, 0.2) is 5.13 Å². The van der Waals surface area contributed by atoms with Crippen molar-refractivity contribution in [2.24, 2.45) is 0 Å². The van der Waals surface area contributed by atoms with E-state index in [2.05, 4.69) is 10.3 Å². The van der Waals surface area contributed by atoms with E-state index in [1.165, 1.54) is 0 Å². The molecule has 0 spiro atoms. The number of nitrogens with zero attached hydrogens (tertiary/aromatic N) is 1. The van der Waals surface area contributed by atoms with E-state index in [0.717, 1.165) is 18.1 Å². The molecule has 0 aliphatic rings. The first-order valence-corrected chi connectivity index (χ1v) is 6.66. The third kappa shape index (κ3) is 3.87. The first-order chi connectivity index (χ1) is 6.20. The van der Waals surface area contributed by atoms with E-state index in [4.69, 9.17) is 0 Å². The number of thiazole rings is 1. The van der Waals surface area contributed by atoms with Crippen molar-refractivity contribution in [2.45, 2.75) is 18.6 Å². The Hall–Kier alpha value is -0.420. The molecule has 0 aliphatic heterocycles. The van der Waals surface area contributed by atoms with Crippen LogP contribution in [0, 0.1) is 0 Å². The number of aromatic nitrogens is 1. The van der Waals surface area contributed by atoms with Gasteiger partial charge in [-0.2, -0.15) is 0 Å². The van der Waals surface area contributed by atoms with E-state index in [9.17, 15) is 4.21 Å². The van der Waals surface area contributed by atoms with Crippen molar-refractivity contribution < 1.29 is 4.21 Å². The molecule has 1 heterocycles. The van der Waals surface area contributed by atoms with Crippen LogP contribution in [0.3, 0.4) is 0 Å². The SMILES string of the molecule is CC(CCNc1nccs1)S(C)=O. The molecule has 2 atom stereocenters. The number of rotatable bonds is 5. The lowest BCUT2D eigenvalue weighted by Gasteiger charge is -2.07. The zero-order valence-electron chi connectivity index (χ0n) is 7.82. The van der Waals surface area contributed by atoms with Crippen LogP contribution in [0.1, 0.15) is 13.3 Å².